The fraction of sp³-hybridized carbons (Fsp3) is 0.227. The predicted molar refractivity (Wildman–Crippen MR) is 105 cm³/mol. The molecule has 2 aromatic carbocycles. The molecule has 1 fully saturated rings. The molecule has 134 valence electrons. The summed E-state index contributed by atoms with van der Waals surface area (Å²) in [4.78, 5) is 4.61. The molecule has 1 aliphatic heterocycles. The monoisotopic (exact) mass is 349 g/mol. The molecule has 1 aliphatic rings. The molecular weight excluding hydrogens is 326 g/mol. The van der Waals surface area contributed by atoms with Gasteiger partial charge in [-0.05, 0) is 48.9 Å². The lowest BCUT2D eigenvalue weighted by molar-refractivity contribution is 0.340. The largest absolute Gasteiger partial charge is 0.497 e. The average molecular weight is 349 g/mol. The Balaban J connectivity index is 1.72. The van der Waals surface area contributed by atoms with E-state index < -0.39 is 0 Å². The highest BCUT2D eigenvalue weighted by Crippen LogP contribution is 2.23. The van der Waals surface area contributed by atoms with Crippen molar-refractivity contribution in [2.75, 3.05) is 20.3 Å². The second-order valence-corrected chi connectivity index (χ2v) is 5.77. The molecule has 26 heavy (non-hydrogen) atoms. The smallest absolute Gasteiger partial charge is 0.217 e. The summed E-state index contributed by atoms with van der Waals surface area (Å²) in [7, 11) is 1.67. The van der Waals surface area contributed by atoms with Crippen molar-refractivity contribution < 1.29 is 14.2 Å². The van der Waals surface area contributed by atoms with E-state index in [9.17, 15) is 0 Å². The number of rotatable bonds is 6. The molecule has 1 saturated heterocycles. The number of methoxy groups -OCH3 is 1. The van der Waals surface area contributed by atoms with Gasteiger partial charge in [-0.15, -0.1) is 0 Å². The quantitative estimate of drug-likeness (QED) is 0.721. The minimum atomic E-state index is 0.656. The molecule has 0 aliphatic carbocycles. The molecule has 0 amide bonds. The molecule has 0 N–H and O–H groups in total. The van der Waals surface area contributed by atoms with Crippen molar-refractivity contribution in [1.82, 2.24) is 0 Å². The minimum absolute atomic E-state index is 0.656. The molecule has 2 aromatic rings. The average Bonchev–Trinajstić information content (AvgIpc) is 3.11. The molecule has 0 unspecified atom stereocenters. The normalized spacial score (nSPS) is 17.0. The van der Waals surface area contributed by atoms with Crippen molar-refractivity contribution in [3.05, 3.63) is 71.8 Å². The van der Waals surface area contributed by atoms with Crippen LogP contribution in [0.5, 0.6) is 11.5 Å². The van der Waals surface area contributed by atoms with Crippen LogP contribution in [0.3, 0.4) is 0 Å². The van der Waals surface area contributed by atoms with Crippen LogP contribution in [0.25, 0.3) is 6.08 Å². The summed E-state index contributed by atoms with van der Waals surface area (Å²) < 4.78 is 16.4. The van der Waals surface area contributed by atoms with Gasteiger partial charge < -0.3 is 14.2 Å². The Kier molecular flexibility index (Phi) is 6.09. The zero-order valence-electron chi connectivity index (χ0n) is 15.1. The highest BCUT2D eigenvalue weighted by molar-refractivity contribution is 5.97. The Morgan fingerprint density at radius 2 is 1.96 bits per heavy atom. The van der Waals surface area contributed by atoms with E-state index >= 15 is 0 Å². The Morgan fingerprint density at radius 3 is 2.73 bits per heavy atom. The van der Waals surface area contributed by atoms with Crippen LogP contribution in [0.15, 0.2) is 71.2 Å². The maximum atomic E-state index is 5.68. The third-order valence-electron chi connectivity index (χ3n) is 3.94. The number of hydrogen-bond donors (Lipinski definition) is 0. The van der Waals surface area contributed by atoms with Gasteiger partial charge in [0, 0.05) is 12.0 Å². The van der Waals surface area contributed by atoms with E-state index in [1.807, 2.05) is 67.6 Å². The number of hydrogen-bond acceptors (Lipinski definition) is 4. The zero-order valence-corrected chi connectivity index (χ0v) is 15.1. The molecule has 0 saturated carbocycles. The third-order valence-corrected chi connectivity index (χ3v) is 3.94. The van der Waals surface area contributed by atoms with Crippen LogP contribution < -0.4 is 9.47 Å². The van der Waals surface area contributed by atoms with Crippen molar-refractivity contribution in [2.24, 2.45) is 4.99 Å². The van der Waals surface area contributed by atoms with Crippen molar-refractivity contribution >= 4 is 17.7 Å². The van der Waals surface area contributed by atoms with Gasteiger partial charge in [0.2, 0.25) is 5.90 Å². The van der Waals surface area contributed by atoms with Crippen LogP contribution >= 0.6 is 0 Å². The fourth-order valence-electron chi connectivity index (χ4n) is 2.64. The fourth-order valence-corrected chi connectivity index (χ4v) is 2.64. The van der Waals surface area contributed by atoms with Crippen LogP contribution in [0.2, 0.25) is 0 Å². The lowest BCUT2D eigenvalue weighted by Gasteiger charge is -2.03. The summed E-state index contributed by atoms with van der Waals surface area (Å²) in [6, 6.07) is 15.7. The van der Waals surface area contributed by atoms with Gasteiger partial charge in [-0.25, -0.2) is 4.99 Å². The predicted octanol–water partition coefficient (Wildman–Crippen LogP) is 5.18. The standard InChI is InChI=1S/C22H23NO3/c1-3-25-20-12-10-19(11-13-20)23-22-18(14-15-26-22)8-4-6-17-7-5-9-21(16-17)24-2/h4-13,16H,3,14-15H2,1-2H3/b6-4+,18-8+,23-22?. The Morgan fingerprint density at radius 1 is 1.12 bits per heavy atom. The molecule has 4 nitrogen and oxygen atoms in total. The molecule has 0 atom stereocenters. The first-order chi connectivity index (χ1) is 12.8. The van der Waals surface area contributed by atoms with Crippen molar-refractivity contribution in [2.45, 2.75) is 13.3 Å². The highest BCUT2D eigenvalue weighted by Gasteiger charge is 2.16. The lowest BCUT2D eigenvalue weighted by Crippen LogP contribution is -1.96. The Labute approximate surface area is 154 Å². The zero-order chi connectivity index (χ0) is 18.2. The van der Waals surface area contributed by atoms with Crippen LogP contribution in [-0.4, -0.2) is 26.2 Å². The Hall–Kier alpha value is -3.01. The number of nitrogens with zero attached hydrogens (tertiary/aromatic N) is 1. The van der Waals surface area contributed by atoms with Crippen LogP contribution in [0, 0.1) is 0 Å². The molecule has 0 bridgehead atoms. The number of ether oxygens (including phenoxy) is 3. The van der Waals surface area contributed by atoms with Gasteiger partial charge in [0.25, 0.3) is 0 Å². The van der Waals surface area contributed by atoms with Crippen LogP contribution in [0.1, 0.15) is 18.9 Å². The first kappa shape index (κ1) is 17.8. The third kappa shape index (κ3) is 4.76. The molecule has 0 spiro atoms. The van der Waals surface area contributed by atoms with E-state index in [4.69, 9.17) is 14.2 Å². The number of allylic oxidation sites excluding steroid dienone is 2. The van der Waals surface area contributed by atoms with E-state index in [0.29, 0.717) is 19.1 Å². The Bertz CT molecular complexity index is 820. The summed E-state index contributed by atoms with van der Waals surface area (Å²) in [5, 5.41) is 0. The molecule has 0 aromatic heterocycles. The minimum Gasteiger partial charge on any atom is -0.497 e. The molecular formula is C22H23NO3. The van der Waals surface area contributed by atoms with E-state index in [0.717, 1.165) is 34.7 Å². The number of aliphatic imine (C=N–C) groups is 1. The van der Waals surface area contributed by atoms with E-state index in [-0.39, 0.29) is 0 Å². The van der Waals surface area contributed by atoms with Crippen molar-refractivity contribution in [3.63, 3.8) is 0 Å². The van der Waals surface area contributed by atoms with E-state index in [1.165, 1.54) is 0 Å². The number of benzene rings is 2. The lowest BCUT2D eigenvalue weighted by atomic mass is 10.1. The van der Waals surface area contributed by atoms with E-state index in [2.05, 4.69) is 11.1 Å². The van der Waals surface area contributed by atoms with Gasteiger partial charge in [0.15, 0.2) is 0 Å². The maximum absolute atomic E-state index is 5.68. The van der Waals surface area contributed by atoms with Crippen LogP contribution in [-0.2, 0) is 4.74 Å². The SMILES string of the molecule is CCOc1ccc(N=C2OCC/C2=C\C=C\c2cccc(OC)c2)cc1. The van der Waals surface area contributed by atoms with Crippen molar-refractivity contribution in [3.8, 4) is 11.5 Å². The molecule has 1 heterocycles. The summed E-state index contributed by atoms with van der Waals surface area (Å²) in [6.07, 6.45) is 6.98. The van der Waals surface area contributed by atoms with E-state index in [1.54, 1.807) is 7.11 Å². The topological polar surface area (TPSA) is 40.0 Å². The van der Waals surface area contributed by atoms with Gasteiger partial charge >= 0.3 is 0 Å². The molecule has 4 heteroatoms. The summed E-state index contributed by atoms with van der Waals surface area (Å²) in [6.45, 7) is 3.29. The van der Waals surface area contributed by atoms with Gasteiger partial charge in [0.05, 0.1) is 26.0 Å². The molecule has 0 radical (unpaired) electrons. The molecule has 3 rings (SSSR count). The van der Waals surface area contributed by atoms with Crippen LogP contribution in [0.4, 0.5) is 5.69 Å². The van der Waals surface area contributed by atoms with Crippen molar-refractivity contribution in [1.29, 1.82) is 0 Å². The summed E-state index contributed by atoms with van der Waals surface area (Å²) in [5.74, 6) is 2.38. The summed E-state index contributed by atoms with van der Waals surface area (Å²) in [5.41, 5.74) is 3.04. The highest BCUT2D eigenvalue weighted by atomic mass is 16.5. The second kappa shape index (κ2) is 8.90. The summed E-state index contributed by atoms with van der Waals surface area (Å²) >= 11 is 0. The van der Waals surface area contributed by atoms with Gasteiger partial charge in [-0.2, -0.15) is 0 Å². The van der Waals surface area contributed by atoms with Gasteiger partial charge in [0.1, 0.15) is 11.5 Å². The first-order valence-electron chi connectivity index (χ1n) is 8.74. The second-order valence-electron chi connectivity index (χ2n) is 5.77. The maximum Gasteiger partial charge on any atom is 0.217 e. The first-order valence-corrected chi connectivity index (χ1v) is 8.74. The van der Waals surface area contributed by atoms with Gasteiger partial charge in [-0.3, -0.25) is 0 Å². The van der Waals surface area contributed by atoms with Gasteiger partial charge in [-0.1, -0.05) is 30.4 Å².